The summed E-state index contributed by atoms with van der Waals surface area (Å²) in [5.74, 6) is 0.503. The third kappa shape index (κ3) is 3.31. The highest BCUT2D eigenvalue weighted by atomic mass is 16.5. The lowest BCUT2D eigenvalue weighted by molar-refractivity contribution is 0.0696. The number of amides is 2. The third-order valence-electron chi connectivity index (χ3n) is 4.72. The average molecular weight is 396 g/mol. The minimum absolute atomic E-state index is 0.167. The molecule has 0 spiro atoms. The second kappa shape index (κ2) is 7.34. The van der Waals surface area contributed by atoms with Gasteiger partial charge in [-0.1, -0.05) is 0 Å². The quantitative estimate of drug-likeness (QED) is 0.702. The molecule has 4 rings (SSSR count). The minimum Gasteiger partial charge on any atom is -0.489 e. The number of carboxylic acid groups (broad SMARTS) is 1. The molecule has 0 radical (unpaired) electrons. The van der Waals surface area contributed by atoms with Crippen LogP contribution in [0.4, 0.5) is 10.5 Å². The summed E-state index contributed by atoms with van der Waals surface area (Å²) in [7, 11) is 0. The van der Waals surface area contributed by atoms with Gasteiger partial charge in [-0.15, -0.1) is 0 Å². The zero-order valence-corrected chi connectivity index (χ0v) is 16.0. The van der Waals surface area contributed by atoms with E-state index in [4.69, 9.17) is 9.47 Å². The molecule has 9 nitrogen and oxygen atoms in total. The maximum Gasteiger partial charge on any atom is 0.337 e. The number of nitrogens with zero attached hydrogens (tertiary/aromatic N) is 3. The first-order valence-electron chi connectivity index (χ1n) is 9.20. The van der Waals surface area contributed by atoms with Gasteiger partial charge >= 0.3 is 12.0 Å². The Morgan fingerprint density at radius 1 is 1.34 bits per heavy atom. The number of hydrogen-bond acceptors (Lipinski definition) is 5. The normalized spacial score (nSPS) is 13.0. The number of fused-ring (bicyclic) bond motifs is 2. The van der Waals surface area contributed by atoms with E-state index in [1.165, 1.54) is 10.7 Å². The summed E-state index contributed by atoms with van der Waals surface area (Å²) >= 11 is 0. The number of ether oxygens (including phenoxy) is 2. The van der Waals surface area contributed by atoms with Crippen LogP contribution in [-0.4, -0.2) is 46.4 Å². The van der Waals surface area contributed by atoms with Gasteiger partial charge in [0.05, 0.1) is 24.0 Å². The van der Waals surface area contributed by atoms with Crippen LogP contribution in [0.3, 0.4) is 0 Å². The van der Waals surface area contributed by atoms with E-state index < -0.39 is 5.97 Å². The van der Waals surface area contributed by atoms with E-state index in [0.717, 1.165) is 0 Å². The Labute approximate surface area is 166 Å². The number of carbonyl (C=O) groups excluding carboxylic acids is 1. The molecule has 29 heavy (non-hydrogen) atoms. The lowest BCUT2D eigenvalue weighted by Crippen LogP contribution is -2.44. The zero-order valence-electron chi connectivity index (χ0n) is 16.0. The van der Waals surface area contributed by atoms with Crippen molar-refractivity contribution in [3.05, 3.63) is 47.8 Å². The standard InChI is InChI=1S/C20H20N4O5/c1-3-21-20(27)23-8-9-28-17-10-13(4-5-15(17)23)29-16-6-7-22-24-11-14(19(25)26)12(2)18(16)24/h4-7,10-11H,3,8-9H2,1-2H3,(H,21,27)(H,25,26). The predicted molar refractivity (Wildman–Crippen MR) is 105 cm³/mol. The number of carboxylic acids is 1. The van der Waals surface area contributed by atoms with E-state index in [2.05, 4.69) is 10.4 Å². The van der Waals surface area contributed by atoms with Crippen LogP contribution in [0.1, 0.15) is 22.8 Å². The van der Waals surface area contributed by atoms with Crippen LogP contribution in [-0.2, 0) is 0 Å². The molecule has 9 heteroatoms. The van der Waals surface area contributed by atoms with Crippen LogP contribution in [0.25, 0.3) is 5.52 Å². The molecule has 3 heterocycles. The minimum atomic E-state index is -1.02. The number of anilines is 1. The molecule has 1 aliphatic rings. The summed E-state index contributed by atoms with van der Waals surface area (Å²) in [5, 5.41) is 16.3. The topological polar surface area (TPSA) is 105 Å². The van der Waals surface area contributed by atoms with Crippen molar-refractivity contribution in [2.75, 3.05) is 24.6 Å². The SMILES string of the molecule is CCNC(=O)N1CCOc2cc(Oc3ccnn4cc(C(=O)O)c(C)c34)ccc21. The summed E-state index contributed by atoms with van der Waals surface area (Å²) < 4.78 is 13.2. The van der Waals surface area contributed by atoms with E-state index in [9.17, 15) is 14.7 Å². The number of benzene rings is 1. The Kier molecular flexibility index (Phi) is 4.71. The van der Waals surface area contributed by atoms with Crippen molar-refractivity contribution in [1.82, 2.24) is 14.9 Å². The molecule has 0 unspecified atom stereocenters. The van der Waals surface area contributed by atoms with Gasteiger partial charge in [0.1, 0.15) is 23.6 Å². The van der Waals surface area contributed by atoms with Gasteiger partial charge in [-0.3, -0.25) is 4.90 Å². The van der Waals surface area contributed by atoms with E-state index in [-0.39, 0.29) is 11.6 Å². The molecule has 0 atom stereocenters. The number of carbonyl (C=O) groups is 2. The van der Waals surface area contributed by atoms with Crippen LogP contribution in [0, 0.1) is 6.92 Å². The number of aryl methyl sites for hydroxylation is 1. The second-order valence-corrected chi connectivity index (χ2v) is 6.53. The maximum absolute atomic E-state index is 12.2. The van der Waals surface area contributed by atoms with Crippen LogP contribution in [0.2, 0.25) is 0 Å². The van der Waals surface area contributed by atoms with Crippen molar-refractivity contribution in [3.8, 4) is 17.2 Å². The summed E-state index contributed by atoms with van der Waals surface area (Å²) in [4.78, 5) is 25.3. The van der Waals surface area contributed by atoms with Crippen molar-refractivity contribution >= 4 is 23.2 Å². The molecule has 0 saturated carbocycles. The highest BCUT2D eigenvalue weighted by Crippen LogP contribution is 2.37. The van der Waals surface area contributed by atoms with Crippen molar-refractivity contribution in [3.63, 3.8) is 0 Å². The van der Waals surface area contributed by atoms with Gasteiger partial charge in [-0.05, 0) is 31.5 Å². The van der Waals surface area contributed by atoms with Crippen LogP contribution < -0.4 is 19.7 Å². The molecule has 2 amide bonds. The van der Waals surface area contributed by atoms with E-state index in [1.54, 1.807) is 42.3 Å². The number of aromatic carboxylic acids is 1. The van der Waals surface area contributed by atoms with Crippen molar-refractivity contribution in [2.45, 2.75) is 13.8 Å². The number of aromatic nitrogens is 2. The number of rotatable bonds is 4. The first-order chi connectivity index (χ1) is 14.0. The van der Waals surface area contributed by atoms with Crippen molar-refractivity contribution in [2.24, 2.45) is 0 Å². The molecule has 0 fully saturated rings. The summed E-state index contributed by atoms with van der Waals surface area (Å²) in [6.45, 7) is 4.97. The molecule has 2 N–H and O–H groups in total. The fourth-order valence-corrected chi connectivity index (χ4v) is 3.37. The summed E-state index contributed by atoms with van der Waals surface area (Å²) in [6.07, 6.45) is 3.00. The first kappa shape index (κ1) is 18.6. The van der Waals surface area contributed by atoms with Crippen LogP contribution >= 0.6 is 0 Å². The second-order valence-electron chi connectivity index (χ2n) is 6.53. The highest BCUT2D eigenvalue weighted by Gasteiger charge is 2.24. The Morgan fingerprint density at radius 3 is 2.93 bits per heavy atom. The van der Waals surface area contributed by atoms with Gasteiger partial charge in [-0.25, -0.2) is 14.1 Å². The Balaban J connectivity index is 1.68. The average Bonchev–Trinajstić information content (AvgIpc) is 3.05. The highest BCUT2D eigenvalue weighted by molar-refractivity contribution is 5.94. The summed E-state index contributed by atoms with van der Waals surface area (Å²) in [6, 6.07) is 6.73. The fourth-order valence-electron chi connectivity index (χ4n) is 3.37. The Morgan fingerprint density at radius 2 is 2.17 bits per heavy atom. The van der Waals surface area contributed by atoms with Crippen LogP contribution in [0.15, 0.2) is 36.7 Å². The Bertz CT molecular complexity index is 1110. The third-order valence-corrected chi connectivity index (χ3v) is 4.72. The van der Waals surface area contributed by atoms with E-state index in [1.807, 2.05) is 6.92 Å². The first-order valence-corrected chi connectivity index (χ1v) is 9.20. The Hall–Kier alpha value is -3.75. The smallest absolute Gasteiger partial charge is 0.337 e. The molecular formula is C20H20N4O5. The van der Waals surface area contributed by atoms with Gasteiger partial charge < -0.3 is 19.9 Å². The lowest BCUT2D eigenvalue weighted by atomic mass is 10.2. The molecule has 1 aromatic carbocycles. The maximum atomic E-state index is 12.2. The molecule has 0 saturated heterocycles. The van der Waals surface area contributed by atoms with Crippen molar-refractivity contribution < 1.29 is 24.2 Å². The molecule has 150 valence electrons. The van der Waals surface area contributed by atoms with Crippen molar-refractivity contribution in [1.29, 1.82) is 0 Å². The van der Waals surface area contributed by atoms with E-state index >= 15 is 0 Å². The predicted octanol–water partition coefficient (Wildman–Crippen LogP) is 3.06. The zero-order chi connectivity index (χ0) is 20.5. The largest absolute Gasteiger partial charge is 0.489 e. The van der Waals surface area contributed by atoms with Crippen LogP contribution in [0.5, 0.6) is 17.2 Å². The van der Waals surface area contributed by atoms with Gasteiger partial charge in [0.25, 0.3) is 0 Å². The molecule has 0 aliphatic carbocycles. The monoisotopic (exact) mass is 396 g/mol. The van der Waals surface area contributed by atoms with Gasteiger partial charge in [0.2, 0.25) is 0 Å². The molecule has 3 aromatic rings. The van der Waals surface area contributed by atoms with E-state index in [0.29, 0.717) is 53.7 Å². The van der Waals surface area contributed by atoms with Gasteiger partial charge in [0, 0.05) is 24.9 Å². The molecule has 2 aromatic heterocycles. The number of urea groups is 1. The summed E-state index contributed by atoms with van der Waals surface area (Å²) in [5.41, 5.74) is 1.98. The molecule has 0 bridgehead atoms. The lowest BCUT2D eigenvalue weighted by Gasteiger charge is -2.29. The molecular weight excluding hydrogens is 376 g/mol. The van der Waals surface area contributed by atoms with Gasteiger partial charge in [-0.2, -0.15) is 5.10 Å². The van der Waals surface area contributed by atoms with Gasteiger partial charge in [0.15, 0.2) is 5.75 Å². The fraction of sp³-hybridized carbons (Fsp3) is 0.250. The molecule has 1 aliphatic heterocycles. The number of hydrogen-bond donors (Lipinski definition) is 2. The number of nitrogens with one attached hydrogen (secondary N) is 1.